The molecule has 114 valence electrons. The van der Waals surface area contributed by atoms with Gasteiger partial charge in [0, 0.05) is 25.0 Å². The van der Waals surface area contributed by atoms with Gasteiger partial charge >= 0.3 is 0 Å². The van der Waals surface area contributed by atoms with E-state index in [0.29, 0.717) is 24.7 Å². The van der Waals surface area contributed by atoms with Crippen molar-refractivity contribution in [2.24, 2.45) is 5.92 Å². The maximum absolute atomic E-state index is 12.3. The van der Waals surface area contributed by atoms with Gasteiger partial charge in [-0.3, -0.25) is 0 Å². The van der Waals surface area contributed by atoms with Crippen molar-refractivity contribution in [2.45, 2.75) is 37.8 Å². The topological polar surface area (TPSA) is 71.3 Å². The van der Waals surface area contributed by atoms with Crippen molar-refractivity contribution in [2.75, 3.05) is 18.1 Å². The maximum Gasteiger partial charge on any atom is 0.242 e. The zero-order valence-electron chi connectivity index (χ0n) is 11.7. The molecule has 0 aromatic carbocycles. The van der Waals surface area contributed by atoms with Crippen LogP contribution in [-0.2, 0) is 23.2 Å². The largest absolute Gasteiger partial charge is 0.390 e. The standard InChI is InChI=1S/C13H22N2O3S2/c1-2-4-15-8-13(6-12(15)9-16)20(17,18)14-7-11-3-5-19-10-11/h6,8,11,14,16H,2-5,7,9-10H2,1H3. The Bertz CT molecular complexity index is 534. The summed E-state index contributed by atoms with van der Waals surface area (Å²) in [5.41, 5.74) is 0.642. The zero-order valence-corrected chi connectivity index (χ0v) is 13.3. The van der Waals surface area contributed by atoms with Gasteiger partial charge in [-0.05, 0) is 36.3 Å². The molecule has 0 spiro atoms. The van der Waals surface area contributed by atoms with E-state index in [0.717, 1.165) is 24.3 Å². The second-order valence-corrected chi connectivity index (χ2v) is 8.02. The van der Waals surface area contributed by atoms with E-state index < -0.39 is 10.0 Å². The molecule has 1 fully saturated rings. The number of hydrogen-bond acceptors (Lipinski definition) is 4. The fraction of sp³-hybridized carbons (Fsp3) is 0.692. The molecule has 2 heterocycles. The van der Waals surface area contributed by atoms with Gasteiger partial charge in [-0.15, -0.1) is 0 Å². The van der Waals surface area contributed by atoms with Crippen molar-refractivity contribution < 1.29 is 13.5 Å². The number of thioether (sulfide) groups is 1. The summed E-state index contributed by atoms with van der Waals surface area (Å²) in [4.78, 5) is 0.251. The first kappa shape index (κ1) is 15.9. The number of aromatic nitrogens is 1. The molecule has 7 heteroatoms. The van der Waals surface area contributed by atoms with Crippen LogP contribution in [-0.4, -0.2) is 36.1 Å². The Morgan fingerprint density at radius 3 is 2.95 bits per heavy atom. The van der Waals surface area contributed by atoms with Crippen molar-refractivity contribution in [1.82, 2.24) is 9.29 Å². The minimum atomic E-state index is -3.47. The first-order chi connectivity index (χ1) is 9.56. The van der Waals surface area contributed by atoms with Gasteiger partial charge in [-0.1, -0.05) is 6.92 Å². The van der Waals surface area contributed by atoms with Crippen LogP contribution in [0.2, 0.25) is 0 Å². The maximum atomic E-state index is 12.3. The SMILES string of the molecule is CCCn1cc(S(=O)(=O)NCC2CCSC2)cc1CO. The molecule has 0 saturated carbocycles. The lowest BCUT2D eigenvalue weighted by Gasteiger charge is -2.09. The fourth-order valence-electron chi connectivity index (χ4n) is 2.31. The van der Waals surface area contributed by atoms with Crippen LogP contribution < -0.4 is 4.72 Å². The summed E-state index contributed by atoms with van der Waals surface area (Å²) >= 11 is 1.87. The van der Waals surface area contributed by atoms with E-state index in [2.05, 4.69) is 4.72 Å². The number of aliphatic hydroxyl groups excluding tert-OH is 1. The Kier molecular flexibility index (Phi) is 5.54. The van der Waals surface area contributed by atoms with Gasteiger partial charge < -0.3 is 9.67 Å². The van der Waals surface area contributed by atoms with E-state index in [1.54, 1.807) is 16.8 Å². The van der Waals surface area contributed by atoms with Crippen molar-refractivity contribution >= 4 is 21.8 Å². The molecule has 2 rings (SSSR count). The van der Waals surface area contributed by atoms with Crippen molar-refractivity contribution in [3.8, 4) is 0 Å². The normalized spacial score (nSPS) is 19.6. The van der Waals surface area contributed by atoms with Gasteiger partial charge in [0.1, 0.15) is 0 Å². The molecule has 1 atom stereocenters. The summed E-state index contributed by atoms with van der Waals surface area (Å²) in [7, 11) is -3.47. The van der Waals surface area contributed by atoms with Gasteiger partial charge in [0.05, 0.1) is 11.5 Å². The Balaban J connectivity index is 2.07. The number of rotatable bonds is 7. The molecule has 2 N–H and O–H groups in total. The molecule has 1 aromatic heterocycles. The number of sulfonamides is 1. The molecule has 20 heavy (non-hydrogen) atoms. The highest BCUT2D eigenvalue weighted by Gasteiger charge is 2.21. The highest BCUT2D eigenvalue weighted by molar-refractivity contribution is 7.99. The smallest absolute Gasteiger partial charge is 0.242 e. The number of hydrogen-bond donors (Lipinski definition) is 2. The van der Waals surface area contributed by atoms with Crippen molar-refractivity contribution in [1.29, 1.82) is 0 Å². The van der Waals surface area contributed by atoms with Crippen LogP contribution in [0.3, 0.4) is 0 Å². The van der Waals surface area contributed by atoms with Crippen LogP contribution in [0.1, 0.15) is 25.5 Å². The van der Waals surface area contributed by atoms with E-state index in [-0.39, 0.29) is 11.5 Å². The summed E-state index contributed by atoms with van der Waals surface area (Å²) in [6.45, 7) is 3.09. The molecule has 5 nitrogen and oxygen atoms in total. The van der Waals surface area contributed by atoms with Crippen LogP contribution in [0.15, 0.2) is 17.2 Å². The summed E-state index contributed by atoms with van der Waals surface area (Å²) in [6.07, 6.45) is 3.58. The van der Waals surface area contributed by atoms with Crippen LogP contribution in [0.4, 0.5) is 0 Å². The van der Waals surface area contributed by atoms with Crippen molar-refractivity contribution in [3.05, 3.63) is 18.0 Å². The van der Waals surface area contributed by atoms with Gasteiger partial charge in [0.15, 0.2) is 0 Å². The summed E-state index contributed by atoms with van der Waals surface area (Å²) in [5, 5.41) is 9.29. The molecular formula is C13H22N2O3S2. The van der Waals surface area contributed by atoms with Crippen LogP contribution >= 0.6 is 11.8 Å². The van der Waals surface area contributed by atoms with E-state index in [4.69, 9.17) is 0 Å². The first-order valence-corrected chi connectivity index (χ1v) is 9.58. The third-order valence-electron chi connectivity index (χ3n) is 3.48. The fourth-order valence-corrected chi connectivity index (χ4v) is 4.77. The number of nitrogens with zero attached hydrogens (tertiary/aromatic N) is 1. The van der Waals surface area contributed by atoms with E-state index in [1.807, 2.05) is 18.7 Å². The minimum absolute atomic E-state index is 0.144. The van der Waals surface area contributed by atoms with Gasteiger partial charge in [-0.25, -0.2) is 13.1 Å². The number of aliphatic hydroxyl groups is 1. The summed E-state index contributed by atoms with van der Waals surface area (Å²) < 4.78 is 29.0. The molecule has 1 aliphatic rings. The lowest BCUT2D eigenvalue weighted by Crippen LogP contribution is -2.29. The van der Waals surface area contributed by atoms with Crippen LogP contribution in [0.5, 0.6) is 0 Å². The Labute approximate surface area is 124 Å². The van der Waals surface area contributed by atoms with E-state index in [9.17, 15) is 13.5 Å². The molecule has 0 radical (unpaired) electrons. The lowest BCUT2D eigenvalue weighted by atomic mass is 10.1. The highest BCUT2D eigenvalue weighted by atomic mass is 32.2. The molecule has 1 aliphatic heterocycles. The molecule has 0 amide bonds. The Morgan fingerprint density at radius 1 is 1.55 bits per heavy atom. The van der Waals surface area contributed by atoms with E-state index >= 15 is 0 Å². The predicted molar refractivity (Wildman–Crippen MR) is 81.3 cm³/mol. The first-order valence-electron chi connectivity index (χ1n) is 6.94. The molecule has 1 aromatic rings. The second-order valence-electron chi connectivity index (χ2n) is 5.10. The monoisotopic (exact) mass is 318 g/mol. The zero-order chi connectivity index (χ0) is 14.6. The second kappa shape index (κ2) is 6.98. The van der Waals surface area contributed by atoms with Crippen LogP contribution in [0, 0.1) is 5.92 Å². The Hall–Kier alpha value is -0.500. The van der Waals surface area contributed by atoms with Gasteiger partial charge in [0.2, 0.25) is 10.0 Å². The number of nitrogens with one attached hydrogen (secondary N) is 1. The average Bonchev–Trinajstić information content (AvgIpc) is 3.06. The minimum Gasteiger partial charge on any atom is -0.390 e. The third kappa shape index (κ3) is 3.78. The summed E-state index contributed by atoms with van der Waals surface area (Å²) in [5.74, 6) is 2.58. The lowest BCUT2D eigenvalue weighted by molar-refractivity contribution is 0.270. The molecule has 0 aliphatic carbocycles. The Morgan fingerprint density at radius 2 is 2.35 bits per heavy atom. The van der Waals surface area contributed by atoms with Crippen LogP contribution in [0.25, 0.3) is 0 Å². The van der Waals surface area contributed by atoms with Crippen molar-refractivity contribution in [3.63, 3.8) is 0 Å². The summed E-state index contributed by atoms with van der Waals surface area (Å²) in [6, 6.07) is 1.56. The molecule has 0 bridgehead atoms. The molecule has 1 unspecified atom stereocenters. The average molecular weight is 318 g/mol. The van der Waals surface area contributed by atoms with E-state index in [1.165, 1.54) is 0 Å². The predicted octanol–water partition coefficient (Wildman–Crippen LogP) is 1.42. The van der Waals surface area contributed by atoms with Gasteiger partial charge in [-0.2, -0.15) is 11.8 Å². The number of aryl methyl sites for hydroxylation is 1. The van der Waals surface area contributed by atoms with Gasteiger partial charge in [0.25, 0.3) is 0 Å². The highest BCUT2D eigenvalue weighted by Crippen LogP contribution is 2.23. The molecular weight excluding hydrogens is 296 g/mol. The quantitative estimate of drug-likeness (QED) is 0.798. The molecule has 1 saturated heterocycles. The third-order valence-corrected chi connectivity index (χ3v) is 6.11.